The van der Waals surface area contributed by atoms with Gasteiger partial charge in [0.25, 0.3) is 0 Å². The van der Waals surface area contributed by atoms with Crippen LogP contribution >= 0.6 is 12.6 Å². The molecule has 0 aliphatic rings. The summed E-state index contributed by atoms with van der Waals surface area (Å²) in [5.41, 5.74) is 0. The summed E-state index contributed by atoms with van der Waals surface area (Å²) in [4.78, 5) is 0. The van der Waals surface area contributed by atoms with Crippen LogP contribution in [0.4, 0.5) is 0 Å². The van der Waals surface area contributed by atoms with Crippen molar-refractivity contribution >= 4 is 12.6 Å². The van der Waals surface area contributed by atoms with E-state index in [1.165, 1.54) is 12.8 Å². The second kappa shape index (κ2) is 5.70. The van der Waals surface area contributed by atoms with Crippen LogP contribution in [0.25, 0.3) is 0 Å². The largest absolute Gasteiger partial charge is 0.176 e. The van der Waals surface area contributed by atoms with Gasteiger partial charge >= 0.3 is 0 Å². The smallest absolute Gasteiger partial charge is 0.00114 e. The van der Waals surface area contributed by atoms with E-state index in [2.05, 4.69) is 46.1 Å². The molecule has 0 saturated heterocycles. The Morgan fingerprint density at radius 2 is 1.82 bits per heavy atom. The Labute approximate surface area is 76.5 Å². The summed E-state index contributed by atoms with van der Waals surface area (Å²) in [5, 5.41) is 0.524. The molecular weight excluding hydrogens is 152 g/mol. The average Bonchev–Trinajstić information content (AvgIpc) is 1.87. The molecule has 0 amide bonds. The van der Waals surface area contributed by atoms with Crippen molar-refractivity contribution in [3.63, 3.8) is 0 Å². The highest BCUT2D eigenvalue weighted by molar-refractivity contribution is 7.80. The molecule has 0 saturated carbocycles. The van der Waals surface area contributed by atoms with E-state index in [4.69, 9.17) is 0 Å². The number of allylic oxidation sites excluding steroid dienone is 1. The molecule has 0 radical (unpaired) electrons. The van der Waals surface area contributed by atoms with Crippen LogP contribution in [0, 0.1) is 11.8 Å². The summed E-state index contributed by atoms with van der Waals surface area (Å²) in [5.74, 6) is 1.39. The first-order valence-corrected chi connectivity index (χ1v) is 4.90. The van der Waals surface area contributed by atoms with Crippen LogP contribution in [0.2, 0.25) is 0 Å². The van der Waals surface area contributed by atoms with E-state index in [9.17, 15) is 0 Å². The normalized spacial score (nSPS) is 16.5. The Bertz CT molecular complexity index is 105. The standard InChI is InChI=1S/C10H20S/c1-5-10(8(2)3)7-6-9(4)11/h5,8-11H,1,6-7H2,2-4H3. The lowest BCUT2D eigenvalue weighted by molar-refractivity contribution is 0.425. The van der Waals surface area contributed by atoms with Crippen LogP contribution in [-0.4, -0.2) is 5.25 Å². The van der Waals surface area contributed by atoms with E-state index >= 15 is 0 Å². The van der Waals surface area contributed by atoms with Crippen molar-refractivity contribution < 1.29 is 0 Å². The topological polar surface area (TPSA) is 0 Å². The van der Waals surface area contributed by atoms with Gasteiger partial charge < -0.3 is 0 Å². The van der Waals surface area contributed by atoms with Crippen molar-refractivity contribution in [2.75, 3.05) is 0 Å². The van der Waals surface area contributed by atoms with Gasteiger partial charge in [-0.2, -0.15) is 12.6 Å². The molecule has 0 heterocycles. The van der Waals surface area contributed by atoms with E-state index in [0.717, 1.165) is 5.92 Å². The molecule has 0 aromatic carbocycles. The third-order valence-corrected chi connectivity index (χ3v) is 2.34. The molecule has 0 aromatic heterocycles. The highest BCUT2D eigenvalue weighted by atomic mass is 32.1. The van der Waals surface area contributed by atoms with E-state index in [-0.39, 0.29) is 0 Å². The van der Waals surface area contributed by atoms with Crippen molar-refractivity contribution in [3.8, 4) is 0 Å². The number of rotatable bonds is 5. The van der Waals surface area contributed by atoms with Crippen molar-refractivity contribution in [1.82, 2.24) is 0 Å². The van der Waals surface area contributed by atoms with Crippen LogP contribution < -0.4 is 0 Å². The second-order valence-corrected chi connectivity index (χ2v) is 4.45. The molecule has 0 rings (SSSR count). The van der Waals surface area contributed by atoms with Crippen LogP contribution in [0.1, 0.15) is 33.6 Å². The molecule has 1 heteroatoms. The monoisotopic (exact) mass is 172 g/mol. The van der Waals surface area contributed by atoms with Gasteiger partial charge in [-0.3, -0.25) is 0 Å². The molecule has 0 aliphatic heterocycles. The summed E-state index contributed by atoms with van der Waals surface area (Å²) >= 11 is 4.35. The van der Waals surface area contributed by atoms with Crippen molar-refractivity contribution in [3.05, 3.63) is 12.7 Å². The molecular formula is C10H20S. The van der Waals surface area contributed by atoms with E-state index in [0.29, 0.717) is 11.2 Å². The fraction of sp³-hybridized carbons (Fsp3) is 0.800. The molecule has 11 heavy (non-hydrogen) atoms. The van der Waals surface area contributed by atoms with E-state index < -0.39 is 0 Å². The van der Waals surface area contributed by atoms with Crippen LogP contribution in [0.15, 0.2) is 12.7 Å². The zero-order chi connectivity index (χ0) is 8.85. The maximum Gasteiger partial charge on any atom is -0.00114 e. The van der Waals surface area contributed by atoms with Crippen molar-refractivity contribution in [2.45, 2.75) is 38.9 Å². The van der Waals surface area contributed by atoms with Gasteiger partial charge in [0.1, 0.15) is 0 Å². The highest BCUT2D eigenvalue weighted by Crippen LogP contribution is 2.19. The first kappa shape index (κ1) is 11.1. The number of thiol groups is 1. The van der Waals surface area contributed by atoms with Gasteiger partial charge in [-0.15, -0.1) is 6.58 Å². The fourth-order valence-electron chi connectivity index (χ4n) is 1.16. The second-order valence-electron chi connectivity index (χ2n) is 3.57. The van der Waals surface area contributed by atoms with Gasteiger partial charge in [0, 0.05) is 0 Å². The molecule has 66 valence electrons. The lowest BCUT2D eigenvalue weighted by atomic mass is 9.91. The van der Waals surface area contributed by atoms with E-state index in [1.54, 1.807) is 0 Å². The maximum absolute atomic E-state index is 4.35. The third kappa shape index (κ3) is 5.37. The Balaban J connectivity index is 3.61. The van der Waals surface area contributed by atoms with Crippen molar-refractivity contribution in [1.29, 1.82) is 0 Å². The quantitative estimate of drug-likeness (QED) is 0.476. The van der Waals surface area contributed by atoms with Gasteiger partial charge in [-0.1, -0.05) is 26.8 Å². The average molecular weight is 172 g/mol. The Morgan fingerprint density at radius 3 is 2.09 bits per heavy atom. The van der Waals surface area contributed by atoms with Crippen LogP contribution in [0.3, 0.4) is 0 Å². The lowest BCUT2D eigenvalue weighted by Crippen LogP contribution is -2.07. The number of hydrogen-bond donors (Lipinski definition) is 1. The molecule has 0 fully saturated rings. The number of hydrogen-bond acceptors (Lipinski definition) is 1. The summed E-state index contributed by atoms with van der Waals surface area (Å²) in [7, 11) is 0. The minimum atomic E-state index is 0.524. The van der Waals surface area contributed by atoms with E-state index in [1.807, 2.05) is 0 Å². The molecule has 2 unspecified atom stereocenters. The van der Waals surface area contributed by atoms with Gasteiger partial charge in [-0.05, 0) is 29.9 Å². The fourth-order valence-corrected chi connectivity index (χ4v) is 1.31. The molecule has 2 atom stereocenters. The summed E-state index contributed by atoms with van der Waals surface area (Å²) in [6, 6.07) is 0. The molecule has 0 N–H and O–H groups in total. The lowest BCUT2D eigenvalue weighted by Gasteiger charge is -2.16. The molecule has 0 nitrogen and oxygen atoms in total. The van der Waals surface area contributed by atoms with Gasteiger partial charge in [0.15, 0.2) is 0 Å². The zero-order valence-electron chi connectivity index (χ0n) is 7.88. The van der Waals surface area contributed by atoms with Gasteiger partial charge in [0.05, 0.1) is 0 Å². The van der Waals surface area contributed by atoms with Gasteiger partial charge in [-0.25, -0.2) is 0 Å². The van der Waals surface area contributed by atoms with Crippen LogP contribution in [-0.2, 0) is 0 Å². The van der Waals surface area contributed by atoms with Crippen molar-refractivity contribution in [2.24, 2.45) is 11.8 Å². The maximum atomic E-state index is 4.35. The van der Waals surface area contributed by atoms with Gasteiger partial charge in [0.2, 0.25) is 0 Å². The molecule has 0 bridgehead atoms. The predicted octanol–water partition coefficient (Wildman–Crippen LogP) is 3.54. The third-order valence-electron chi connectivity index (χ3n) is 2.08. The minimum absolute atomic E-state index is 0.524. The molecule has 0 aromatic rings. The Kier molecular flexibility index (Phi) is 5.75. The highest BCUT2D eigenvalue weighted by Gasteiger charge is 2.09. The minimum Gasteiger partial charge on any atom is -0.176 e. The molecule has 0 aliphatic carbocycles. The SMILES string of the molecule is C=CC(CCC(C)S)C(C)C. The first-order chi connectivity index (χ1) is 5.07. The Hall–Kier alpha value is 0.0900. The Morgan fingerprint density at radius 1 is 1.27 bits per heavy atom. The summed E-state index contributed by atoms with van der Waals surface area (Å²) in [6.45, 7) is 10.5. The van der Waals surface area contributed by atoms with Crippen LogP contribution in [0.5, 0.6) is 0 Å². The summed E-state index contributed by atoms with van der Waals surface area (Å²) in [6.07, 6.45) is 4.49. The zero-order valence-corrected chi connectivity index (χ0v) is 8.77. The summed E-state index contributed by atoms with van der Waals surface area (Å²) < 4.78 is 0. The molecule has 0 spiro atoms. The predicted molar refractivity (Wildman–Crippen MR) is 56.2 cm³/mol. The first-order valence-electron chi connectivity index (χ1n) is 4.38.